The first-order valence-corrected chi connectivity index (χ1v) is 8.87. The smallest absolute Gasteiger partial charge is 0.321 e. The quantitative estimate of drug-likeness (QED) is 0.910. The van der Waals surface area contributed by atoms with Crippen LogP contribution in [0, 0.1) is 0 Å². The first-order valence-electron chi connectivity index (χ1n) is 7.71. The highest BCUT2D eigenvalue weighted by Gasteiger charge is 2.22. The van der Waals surface area contributed by atoms with Gasteiger partial charge in [-0.3, -0.25) is 0 Å². The van der Waals surface area contributed by atoms with Crippen molar-refractivity contribution < 1.29 is 9.53 Å². The summed E-state index contributed by atoms with van der Waals surface area (Å²) in [6.07, 6.45) is 3.55. The summed E-state index contributed by atoms with van der Waals surface area (Å²) in [5.41, 5.74) is 1.35. The molecule has 0 unspecified atom stereocenters. The molecule has 9 heteroatoms. The van der Waals surface area contributed by atoms with Gasteiger partial charge in [0.25, 0.3) is 0 Å². The number of ether oxygens (including phenoxy) is 1. The maximum atomic E-state index is 12.5. The molecular weight excluding hydrogens is 328 g/mol. The Kier molecular flexibility index (Phi) is 5.19. The van der Waals surface area contributed by atoms with Crippen molar-refractivity contribution in [3.8, 4) is 11.4 Å². The van der Waals surface area contributed by atoms with E-state index >= 15 is 0 Å². The molecule has 0 aliphatic carbocycles. The Hall–Kier alpha value is -2.29. The van der Waals surface area contributed by atoms with E-state index in [0.29, 0.717) is 17.1 Å². The van der Waals surface area contributed by atoms with Crippen molar-refractivity contribution in [2.75, 3.05) is 31.0 Å². The number of tetrazole rings is 1. The van der Waals surface area contributed by atoms with E-state index in [0.717, 1.165) is 24.3 Å². The monoisotopic (exact) mass is 348 g/mol. The number of aromatic nitrogens is 4. The van der Waals surface area contributed by atoms with Crippen LogP contribution >= 0.6 is 11.8 Å². The number of rotatable bonds is 4. The van der Waals surface area contributed by atoms with Crippen LogP contribution in [0.4, 0.5) is 10.5 Å². The van der Waals surface area contributed by atoms with Crippen molar-refractivity contribution in [1.29, 1.82) is 0 Å². The number of amides is 2. The van der Waals surface area contributed by atoms with Crippen LogP contribution < -0.4 is 10.1 Å². The number of methoxy groups -OCH3 is 1. The zero-order valence-electron chi connectivity index (χ0n) is 13.7. The first-order chi connectivity index (χ1) is 11.7. The third-order valence-corrected chi connectivity index (χ3v) is 5.10. The summed E-state index contributed by atoms with van der Waals surface area (Å²) in [7, 11) is 3.43. The summed E-state index contributed by atoms with van der Waals surface area (Å²) in [5.74, 6) is 2.82. The van der Waals surface area contributed by atoms with Gasteiger partial charge in [0.1, 0.15) is 12.1 Å². The fraction of sp³-hybridized carbons (Fsp3) is 0.467. The molecule has 24 heavy (non-hydrogen) atoms. The largest absolute Gasteiger partial charge is 0.497 e. The number of carbonyl (C=O) groups excluding carboxylic acids is 1. The van der Waals surface area contributed by atoms with E-state index in [9.17, 15) is 4.79 Å². The molecule has 0 saturated carbocycles. The molecule has 1 aromatic heterocycles. The van der Waals surface area contributed by atoms with Crippen molar-refractivity contribution >= 4 is 23.5 Å². The molecule has 1 aliphatic heterocycles. The van der Waals surface area contributed by atoms with E-state index in [1.807, 2.05) is 18.8 Å². The van der Waals surface area contributed by atoms with Gasteiger partial charge in [-0.2, -0.15) is 11.8 Å². The number of thioether (sulfide) groups is 1. The zero-order valence-corrected chi connectivity index (χ0v) is 14.5. The molecule has 3 rings (SSSR count). The topological polar surface area (TPSA) is 85.2 Å². The van der Waals surface area contributed by atoms with Crippen LogP contribution in [0.5, 0.6) is 5.75 Å². The second-order valence-corrected chi connectivity index (χ2v) is 6.78. The normalized spacial score (nSPS) is 15.1. The predicted molar refractivity (Wildman–Crippen MR) is 92.8 cm³/mol. The summed E-state index contributed by atoms with van der Waals surface area (Å²) < 4.78 is 6.82. The average molecular weight is 348 g/mol. The molecule has 0 bridgehead atoms. The fourth-order valence-electron chi connectivity index (χ4n) is 2.64. The highest BCUT2D eigenvalue weighted by molar-refractivity contribution is 7.99. The molecule has 0 spiro atoms. The number of urea groups is 1. The minimum absolute atomic E-state index is 0.122. The fourth-order valence-corrected chi connectivity index (χ4v) is 3.72. The summed E-state index contributed by atoms with van der Waals surface area (Å²) in [4.78, 5) is 14.3. The average Bonchev–Trinajstić information content (AvgIpc) is 3.16. The van der Waals surface area contributed by atoms with Crippen molar-refractivity contribution in [1.82, 2.24) is 25.1 Å². The van der Waals surface area contributed by atoms with E-state index in [2.05, 4.69) is 20.8 Å². The lowest BCUT2D eigenvalue weighted by Crippen LogP contribution is -2.41. The molecule has 1 N–H and O–H groups in total. The van der Waals surface area contributed by atoms with Gasteiger partial charge in [-0.25, -0.2) is 9.48 Å². The van der Waals surface area contributed by atoms with Gasteiger partial charge in [0.15, 0.2) is 0 Å². The third kappa shape index (κ3) is 3.78. The number of carbonyl (C=O) groups is 1. The molecule has 1 aromatic carbocycles. The van der Waals surface area contributed by atoms with E-state index < -0.39 is 0 Å². The molecule has 2 aromatic rings. The van der Waals surface area contributed by atoms with E-state index in [1.54, 1.807) is 30.2 Å². The van der Waals surface area contributed by atoms with Crippen LogP contribution in [0.3, 0.4) is 0 Å². The Bertz CT molecular complexity index is 687. The van der Waals surface area contributed by atoms with E-state index in [-0.39, 0.29) is 12.1 Å². The molecule has 0 radical (unpaired) electrons. The molecule has 2 heterocycles. The Labute approximate surface area is 144 Å². The molecular formula is C15H20N6O2S. The number of hydrogen-bond donors (Lipinski definition) is 1. The minimum atomic E-state index is -0.122. The van der Waals surface area contributed by atoms with Crippen LogP contribution in [0.25, 0.3) is 5.69 Å². The van der Waals surface area contributed by atoms with Gasteiger partial charge in [0.2, 0.25) is 0 Å². The van der Waals surface area contributed by atoms with Crippen molar-refractivity contribution in [3.05, 3.63) is 24.5 Å². The van der Waals surface area contributed by atoms with Gasteiger partial charge >= 0.3 is 6.03 Å². The molecule has 128 valence electrons. The van der Waals surface area contributed by atoms with Crippen molar-refractivity contribution in [2.24, 2.45) is 0 Å². The molecule has 1 aliphatic rings. The highest BCUT2D eigenvalue weighted by Crippen LogP contribution is 2.25. The van der Waals surface area contributed by atoms with Crippen molar-refractivity contribution in [2.45, 2.75) is 18.9 Å². The Balaban J connectivity index is 1.76. The lowest BCUT2D eigenvalue weighted by atomic mass is 10.1. The lowest BCUT2D eigenvalue weighted by molar-refractivity contribution is 0.200. The Morgan fingerprint density at radius 1 is 1.38 bits per heavy atom. The minimum Gasteiger partial charge on any atom is -0.497 e. The van der Waals surface area contributed by atoms with Gasteiger partial charge in [-0.1, -0.05) is 0 Å². The second-order valence-electron chi connectivity index (χ2n) is 5.56. The lowest BCUT2D eigenvalue weighted by Gasteiger charge is -2.31. The first kappa shape index (κ1) is 16.6. The molecule has 8 nitrogen and oxygen atoms in total. The highest BCUT2D eigenvalue weighted by atomic mass is 32.2. The molecule has 0 atom stereocenters. The van der Waals surface area contributed by atoms with Gasteiger partial charge in [-0.05, 0) is 40.8 Å². The number of hydrogen-bond acceptors (Lipinski definition) is 6. The van der Waals surface area contributed by atoms with Crippen LogP contribution in [-0.4, -0.2) is 62.8 Å². The molecule has 1 fully saturated rings. The summed E-state index contributed by atoms with van der Waals surface area (Å²) >= 11 is 1.94. The predicted octanol–water partition coefficient (Wildman–Crippen LogP) is 2.03. The summed E-state index contributed by atoms with van der Waals surface area (Å²) in [5, 5.41) is 14.1. The zero-order chi connectivity index (χ0) is 16.9. The summed E-state index contributed by atoms with van der Waals surface area (Å²) in [6, 6.07) is 5.55. The number of benzene rings is 1. The standard InChI is InChI=1S/C15H20N6O2S/c1-20(12-3-5-24-6-4-12)15(22)17-11-7-13(9-14(8-11)23-2)21-10-16-18-19-21/h7-10,12H,3-6H2,1-2H3,(H,17,22). The maximum absolute atomic E-state index is 12.5. The van der Waals surface area contributed by atoms with Crippen LogP contribution in [0.2, 0.25) is 0 Å². The Morgan fingerprint density at radius 3 is 2.83 bits per heavy atom. The van der Waals surface area contributed by atoms with E-state index in [4.69, 9.17) is 4.74 Å². The van der Waals surface area contributed by atoms with Gasteiger partial charge < -0.3 is 15.0 Å². The SMILES string of the molecule is COc1cc(NC(=O)N(C)C2CCSCC2)cc(-n2cnnn2)c1. The molecule has 2 amide bonds. The maximum Gasteiger partial charge on any atom is 0.321 e. The van der Waals surface area contributed by atoms with Crippen molar-refractivity contribution in [3.63, 3.8) is 0 Å². The van der Waals surface area contributed by atoms with Gasteiger partial charge in [0.05, 0.1) is 12.8 Å². The van der Waals surface area contributed by atoms with Gasteiger partial charge in [0, 0.05) is 30.9 Å². The number of anilines is 1. The Morgan fingerprint density at radius 2 is 2.17 bits per heavy atom. The third-order valence-electron chi connectivity index (χ3n) is 4.05. The van der Waals surface area contributed by atoms with Crippen LogP contribution in [-0.2, 0) is 0 Å². The summed E-state index contributed by atoms with van der Waals surface area (Å²) in [6.45, 7) is 0. The van der Waals surface area contributed by atoms with Gasteiger partial charge in [-0.15, -0.1) is 5.10 Å². The van der Waals surface area contributed by atoms with E-state index in [1.165, 1.54) is 11.0 Å². The molecule has 1 saturated heterocycles. The number of nitrogens with zero attached hydrogens (tertiary/aromatic N) is 5. The van der Waals surface area contributed by atoms with Crippen LogP contribution in [0.1, 0.15) is 12.8 Å². The second kappa shape index (κ2) is 7.52. The number of nitrogens with one attached hydrogen (secondary N) is 1. The van der Waals surface area contributed by atoms with Crippen LogP contribution in [0.15, 0.2) is 24.5 Å².